The summed E-state index contributed by atoms with van der Waals surface area (Å²) in [5.74, 6) is -0.609. The summed E-state index contributed by atoms with van der Waals surface area (Å²) < 4.78 is 21.6. The van der Waals surface area contributed by atoms with E-state index in [-0.39, 0.29) is 18.7 Å². The number of methoxy groups -OCH3 is 4. The number of carbonyl (C=O) groups excluding carboxylic acids is 3. The van der Waals surface area contributed by atoms with Gasteiger partial charge in [0.05, 0.1) is 34.0 Å². The van der Waals surface area contributed by atoms with Crippen molar-refractivity contribution >= 4 is 17.7 Å². The highest BCUT2D eigenvalue weighted by molar-refractivity contribution is 6.04. The highest BCUT2D eigenvalue weighted by Crippen LogP contribution is 2.62. The average molecular weight is 417 g/mol. The molecule has 1 aromatic rings. The number of esters is 1. The number of amides is 1. The minimum absolute atomic E-state index is 0.187. The molecular weight excluding hydrogens is 394 g/mol. The van der Waals surface area contributed by atoms with Crippen LogP contribution < -0.4 is 14.2 Å². The van der Waals surface area contributed by atoms with Crippen LogP contribution in [0.2, 0.25) is 0 Å². The van der Waals surface area contributed by atoms with Crippen molar-refractivity contribution in [3.05, 3.63) is 29.3 Å². The van der Waals surface area contributed by atoms with Crippen molar-refractivity contribution in [2.45, 2.75) is 24.5 Å². The molecule has 0 saturated carbocycles. The zero-order valence-electron chi connectivity index (χ0n) is 17.2. The molecule has 1 fully saturated rings. The van der Waals surface area contributed by atoms with Crippen molar-refractivity contribution in [1.29, 1.82) is 0 Å². The first kappa shape index (κ1) is 20.2. The largest absolute Gasteiger partial charge is 0.493 e. The first-order valence-corrected chi connectivity index (χ1v) is 9.46. The number of hydrogen-bond donors (Lipinski definition) is 1. The molecule has 9 heteroatoms. The molecule has 1 unspecified atom stereocenters. The first-order valence-electron chi connectivity index (χ1n) is 9.46. The van der Waals surface area contributed by atoms with Crippen molar-refractivity contribution in [3.63, 3.8) is 0 Å². The van der Waals surface area contributed by atoms with E-state index in [0.717, 1.165) is 0 Å². The SMILES string of the molecule is COC(=O)[C@@]12C=CC(=O)C[C@@]13c1cc(OC)c(OC)c(OC)c1CCN3C(=O)C2O. The van der Waals surface area contributed by atoms with Crippen LogP contribution in [0.3, 0.4) is 0 Å². The lowest BCUT2D eigenvalue weighted by molar-refractivity contribution is -0.162. The highest BCUT2D eigenvalue weighted by Gasteiger charge is 2.74. The van der Waals surface area contributed by atoms with Gasteiger partial charge in [0.25, 0.3) is 5.91 Å². The second kappa shape index (κ2) is 6.73. The van der Waals surface area contributed by atoms with Crippen molar-refractivity contribution in [2.24, 2.45) is 5.41 Å². The molecule has 1 aromatic carbocycles. The Balaban J connectivity index is 2.14. The van der Waals surface area contributed by atoms with Gasteiger partial charge in [-0.2, -0.15) is 0 Å². The van der Waals surface area contributed by atoms with Gasteiger partial charge in [0, 0.05) is 18.5 Å². The zero-order chi connectivity index (χ0) is 21.8. The van der Waals surface area contributed by atoms with Crippen LogP contribution >= 0.6 is 0 Å². The van der Waals surface area contributed by atoms with Gasteiger partial charge in [-0.1, -0.05) is 6.08 Å². The normalized spacial score (nSPS) is 29.1. The van der Waals surface area contributed by atoms with Gasteiger partial charge < -0.3 is 29.0 Å². The molecule has 1 saturated heterocycles. The average Bonchev–Trinajstić information content (AvgIpc) is 2.96. The topological polar surface area (TPSA) is 112 Å². The van der Waals surface area contributed by atoms with Gasteiger partial charge in [0.2, 0.25) is 5.75 Å². The van der Waals surface area contributed by atoms with Gasteiger partial charge in [-0.05, 0) is 24.1 Å². The lowest BCUT2D eigenvalue weighted by Gasteiger charge is -2.51. The first-order chi connectivity index (χ1) is 14.3. The zero-order valence-corrected chi connectivity index (χ0v) is 17.2. The number of fused-ring (bicyclic) bond motifs is 1. The van der Waals surface area contributed by atoms with Gasteiger partial charge in [-0.3, -0.25) is 14.4 Å². The Morgan fingerprint density at radius 2 is 1.83 bits per heavy atom. The maximum absolute atomic E-state index is 13.1. The quantitative estimate of drug-likeness (QED) is 0.699. The molecule has 4 rings (SSSR count). The van der Waals surface area contributed by atoms with Crippen LogP contribution in [-0.2, 0) is 31.1 Å². The summed E-state index contributed by atoms with van der Waals surface area (Å²) in [6, 6.07) is 1.65. The van der Waals surface area contributed by atoms with Gasteiger partial charge in [0.15, 0.2) is 23.4 Å². The Kier molecular flexibility index (Phi) is 4.54. The van der Waals surface area contributed by atoms with Crippen LogP contribution in [0.1, 0.15) is 17.5 Å². The van der Waals surface area contributed by atoms with Gasteiger partial charge in [-0.15, -0.1) is 0 Å². The fourth-order valence-electron chi connectivity index (χ4n) is 5.32. The van der Waals surface area contributed by atoms with E-state index in [2.05, 4.69) is 0 Å². The lowest BCUT2D eigenvalue weighted by atomic mass is 9.58. The molecule has 1 amide bonds. The van der Waals surface area contributed by atoms with Gasteiger partial charge in [-0.25, -0.2) is 0 Å². The highest BCUT2D eigenvalue weighted by atomic mass is 16.5. The minimum Gasteiger partial charge on any atom is -0.493 e. The van der Waals surface area contributed by atoms with E-state index in [9.17, 15) is 19.5 Å². The Labute approximate surface area is 173 Å². The summed E-state index contributed by atoms with van der Waals surface area (Å²) in [6.45, 7) is 0.189. The van der Waals surface area contributed by atoms with Crippen LogP contribution in [0.4, 0.5) is 0 Å². The van der Waals surface area contributed by atoms with Crippen LogP contribution in [0.5, 0.6) is 17.2 Å². The molecule has 160 valence electrons. The third-order valence-corrected chi connectivity index (χ3v) is 6.53. The number of allylic oxidation sites excluding steroid dienone is 1. The van der Waals surface area contributed by atoms with Crippen molar-refractivity contribution < 1.29 is 38.4 Å². The molecular formula is C21H23NO8. The molecule has 9 nitrogen and oxygen atoms in total. The Hall–Kier alpha value is -3.07. The maximum atomic E-state index is 13.1. The van der Waals surface area contributed by atoms with E-state index >= 15 is 0 Å². The third kappa shape index (κ3) is 2.13. The number of aliphatic hydroxyl groups excluding tert-OH is 1. The van der Waals surface area contributed by atoms with E-state index in [0.29, 0.717) is 34.8 Å². The fraction of sp³-hybridized carbons (Fsp3) is 0.476. The summed E-state index contributed by atoms with van der Waals surface area (Å²) in [7, 11) is 5.61. The van der Waals surface area contributed by atoms with Crippen molar-refractivity contribution in [3.8, 4) is 17.2 Å². The molecule has 0 bridgehead atoms. The number of ketones is 1. The molecule has 30 heavy (non-hydrogen) atoms. The van der Waals surface area contributed by atoms with Gasteiger partial charge >= 0.3 is 5.97 Å². The summed E-state index contributed by atoms with van der Waals surface area (Å²) in [4.78, 5) is 40.3. The molecule has 3 atom stereocenters. The van der Waals surface area contributed by atoms with Crippen molar-refractivity contribution in [1.82, 2.24) is 4.90 Å². The second-order valence-electron chi connectivity index (χ2n) is 7.51. The number of ether oxygens (including phenoxy) is 4. The summed E-state index contributed by atoms with van der Waals surface area (Å²) in [5.41, 5.74) is -2.07. The maximum Gasteiger partial charge on any atom is 0.321 e. The summed E-state index contributed by atoms with van der Waals surface area (Å²) in [5, 5.41) is 11.0. The Morgan fingerprint density at radius 3 is 2.43 bits per heavy atom. The predicted molar refractivity (Wildman–Crippen MR) is 102 cm³/mol. The molecule has 3 aliphatic rings. The van der Waals surface area contributed by atoms with E-state index in [1.54, 1.807) is 6.07 Å². The molecule has 0 radical (unpaired) electrons. The monoisotopic (exact) mass is 417 g/mol. The van der Waals surface area contributed by atoms with Crippen LogP contribution in [0.25, 0.3) is 0 Å². The molecule has 1 N–H and O–H groups in total. The number of nitrogens with zero attached hydrogens (tertiary/aromatic N) is 1. The fourth-order valence-corrected chi connectivity index (χ4v) is 5.32. The molecule has 2 aliphatic heterocycles. The smallest absolute Gasteiger partial charge is 0.321 e. The number of benzene rings is 1. The lowest BCUT2D eigenvalue weighted by Crippen LogP contribution is -2.61. The van der Waals surface area contributed by atoms with Crippen LogP contribution in [0, 0.1) is 5.41 Å². The van der Waals surface area contributed by atoms with Crippen molar-refractivity contribution in [2.75, 3.05) is 35.0 Å². The number of carbonyl (C=O) groups is 3. The van der Waals surface area contributed by atoms with Crippen LogP contribution in [-0.4, -0.2) is 68.8 Å². The van der Waals surface area contributed by atoms with Gasteiger partial charge in [0.1, 0.15) is 5.41 Å². The number of rotatable bonds is 4. The molecule has 0 aromatic heterocycles. The molecule has 1 spiro atoms. The minimum atomic E-state index is -1.79. The number of hydrogen-bond acceptors (Lipinski definition) is 8. The molecule has 1 aliphatic carbocycles. The van der Waals surface area contributed by atoms with E-state index in [1.165, 1.54) is 45.5 Å². The van der Waals surface area contributed by atoms with E-state index in [4.69, 9.17) is 18.9 Å². The summed E-state index contributed by atoms with van der Waals surface area (Å²) >= 11 is 0. The van der Waals surface area contributed by atoms with E-state index in [1.807, 2.05) is 0 Å². The summed E-state index contributed by atoms with van der Waals surface area (Å²) in [6.07, 6.45) is 1.04. The second-order valence-corrected chi connectivity index (χ2v) is 7.51. The predicted octanol–water partition coefficient (Wildman–Crippen LogP) is 0.355. The number of aliphatic hydroxyl groups is 1. The standard InChI is InChI=1S/C21H23NO8/c1-27-14-9-13-12(15(28-2)16(14)29-3)6-8-22-18(25)17(24)20(19(26)30-4)7-5-11(23)10-21(13,20)22/h5,7,9,17,24H,6,8,10H2,1-4H3/t17?,20-,21+/m0/s1. The van der Waals surface area contributed by atoms with E-state index < -0.39 is 28.9 Å². The molecule has 2 heterocycles. The third-order valence-electron chi connectivity index (χ3n) is 6.53. The van der Waals surface area contributed by atoms with Crippen LogP contribution in [0.15, 0.2) is 18.2 Å². The Morgan fingerprint density at radius 1 is 1.13 bits per heavy atom. The Bertz CT molecular complexity index is 986.